The van der Waals surface area contributed by atoms with E-state index in [0.29, 0.717) is 45.7 Å². The summed E-state index contributed by atoms with van der Waals surface area (Å²) in [5.41, 5.74) is 4.49. The van der Waals surface area contributed by atoms with Crippen LogP contribution in [0.5, 0.6) is 0 Å². The molecule has 1 N–H and O–H groups in total. The minimum absolute atomic E-state index is 0.0642. The molecule has 0 spiro atoms. The third-order valence-electron chi connectivity index (χ3n) is 6.92. The molecule has 3 heterocycles. The van der Waals surface area contributed by atoms with Crippen LogP contribution in [-0.4, -0.2) is 65.9 Å². The highest BCUT2D eigenvalue weighted by molar-refractivity contribution is 5.89. The normalized spacial score (nSPS) is 19.0. The van der Waals surface area contributed by atoms with Crippen LogP contribution in [0.4, 0.5) is 10.1 Å². The summed E-state index contributed by atoms with van der Waals surface area (Å²) in [4.78, 5) is 34.9. The quantitative estimate of drug-likeness (QED) is 0.651. The number of benzene rings is 2. The summed E-state index contributed by atoms with van der Waals surface area (Å²) in [5.74, 6) is -0.371. The standard InChI is InChI=1S/C26H29FN4O2/c1-18-2-7-24-23(14-18)19(16-28-24)8-9-31-17-20(15-25(31)32)26(33)30-12-10-29(11-13-30)22-5-3-21(27)4-6-22/h2-7,14,16,20,28H,8-13,15,17H2,1H3/t20-/m0/s1. The van der Waals surface area contributed by atoms with Gasteiger partial charge in [-0.2, -0.15) is 0 Å². The molecule has 0 saturated carbocycles. The van der Waals surface area contributed by atoms with Gasteiger partial charge in [-0.15, -0.1) is 0 Å². The van der Waals surface area contributed by atoms with Crippen molar-refractivity contribution >= 4 is 28.4 Å². The number of anilines is 1. The molecule has 0 bridgehead atoms. The van der Waals surface area contributed by atoms with E-state index in [4.69, 9.17) is 0 Å². The van der Waals surface area contributed by atoms with Gasteiger partial charge in [0.25, 0.3) is 0 Å². The number of aromatic nitrogens is 1. The molecule has 172 valence electrons. The Labute approximate surface area is 193 Å². The highest BCUT2D eigenvalue weighted by Crippen LogP contribution is 2.25. The number of nitrogens with one attached hydrogen (secondary N) is 1. The first kappa shape index (κ1) is 21.5. The van der Waals surface area contributed by atoms with Gasteiger partial charge in [0, 0.05) is 68.5 Å². The SMILES string of the molecule is Cc1ccc2[nH]cc(CCN3C[C@@H](C(=O)N4CCN(c5ccc(F)cc5)CC4)CC3=O)c2c1. The molecule has 0 unspecified atom stereocenters. The first-order valence-electron chi connectivity index (χ1n) is 11.6. The molecule has 2 saturated heterocycles. The molecule has 5 rings (SSSR count). The van der Waals surface area contributed by atoms with Gasteiger partial charge in [0.15, 0.2) is 0 Å². The van der Waals surface area contributed by atoms with Gasteiger partial charge in [0.1, 0.15) is 5.82 Å². The van der Waals surface area contributed by atoms with Crippen LogP contribution in [0.1, 0.15) is 17.5 Å². The summed E-state index contributed by atoms with van der Waals surface area (Å²) >= 11 is 0. The molecule has 2 aromatic carbocycles. The monoisotopic (exact) mass is 448 g/mol. The molecule has 2 fully saturated rings. The summed E-state index contributed by atoms with van der Waals surface area (Å²) in [5, 5.41) is 1.20. The van der Waals surface area contributed by atoms with Crippen LogP contribution in [-0.2, 0) is 16.0 Å². The number of likely N-dealkylation sites (tertiary alicyclic amines) is 1. The lowest BCUT2D eigenvalue weighted by Gasteiger charge is -2.37. The van der Waals surface area contributed by atoms with Crippen molar-refractivity contribution in [2.24, 2.45) is 5.92 Å². The van der Waals surface area contributed by atoms with E-state index in [1.807, 2.05) is 16.0 Å². The maximum Gasteiger partial charge on any atom is 0.228 e. The minimum atomic E-state index is -0.264. The van der Waals surface area contributed by atoms with Crippen LogP contribution < -0.4 is 4.90 Å². The van der Waals surface area contributed by atoms with Crippen molar-refractivity contribution in [3.8, 4) is 0 Å². The number of nitrogens with zero attached hydrogens (tertiary/aromatic N) is 3. The number of H-pyrrole nitrogens is 1. The highest BCUT2D eigenvalue weighted by atomic mass is 19.1. The lowest BCUT2D eigenvalue weighted by atomic mass is 10.1. The second kappa shape index (κ2) is 8.89. The number of aromatic amines is 1. The summed E-state index contributed by atoms with van der Waals surface area (Å²) in [7, 11) is 0. The number of piperazine rings is 1. The van der Waals surface area contributed by atoms with Crippen LogP contribution >= 0.6 is 0 Å². The van der Waals surface area contributed by atoms with E-state index >= 15 is 0 Å². The van der Waals surface area contributed by atoms with Gasteiger partial charge in [-0.05, 0) is 55.3 Å². The van der Waals surface area contributed by atoms with Crippen molar-refractivity contribution in [1.29, 1.82) is 0 Å². The topological polar surface area (TPSA) is 59.7 Å². The van der Waals surface area contributed by atoms with Crippen LogP contribution in [0.3, 0.4) is 0 Å². The molecule has 3 aromatic rings. The molecule has 1 aromatic heterocycles. The van der Waals surface area contributed by atoms with Crippen molar-refractivity contribution in [2.75, 3.05) is 44.2 Å². The zero-order chi connectivity index (χ0) is 22.9. The molecule has 6 nitrogen and oxygen atoms in total. The average Bonchev–Trinajstić information content (AvgIpc) is 3.40. The zero-order valence-electron chi connectivity index (χ0n) is 18.9. The number of hydrogen-bond acceptors (Lipinski definition) is 3. The maximum absolute atomic E-state index is 13.2. The lowest BCUT2D eigenvalue weighted by molar-refractivity contribution is -0.136. The highest BCUT2D eigenvalue weighted by Gasteiger charge is 2.37. The Morgan fingerprint density at radius 1 is 1.09 bits per heavy atom. The molecule has 0 aliphatic carbocycles. The molecule has 1 atom stereocenters. The molecule has 33 heavy (non-hydrogen) atoms. The second-order valence-electron chi connectivity index (χ2n) is 9.14. The van der Waals surface area contributed by atoms with Crippen LogP contribution in [0.2, 0.25) is 0 Å². The summed E-state index contributed by atoms with van der Waals surface area (Å²) in [6, 6.07) is 12.8. The molecule has 2 aliphatic heterocycles. The third kappa shape index (κ3) is 4.45. The fourth-order valence-corrected chi connectivity index (χ4v) is 5.00. The molecular weight excluding hydrogens is 419 g/mol. The Morgan fingerprint density at radius 2 is 1.85 bits per heavy atom. The van der Waals surface area contributed by atoms with Crippen molar-refractivity contribution < 1.29 is 14.0 Å². The van der Waals surface area contributed by atoms with E-state index in [1.54, 1.807) is 12.1 Å². The number of halogens is 1. The van der Waals surface area contributed by atoms with Gasteiger partial charge < -0.3 is 19.7 Å². The van der Waals surface area contributed by atoms with E-state index in [0.717, 1.165) is 17.6 Å². The van der Waals surface area contributed by atoms with Crippen molar-refractivity contribution in [3.05, 3.63) is 65.6 Å². The lowest BCUT2D eigenvalue weighted by Crippen LogP contribution is -2.50. The van der Waals surface area contributed by atoms with E-state index in [9.17, 15) is 14.0 Å². The molecule has 2 aliphatic rings. The van der Waals surface area contributed by atoms with E-state index in [2.05, 4.69) is 35.0 Å². The summed E-state index contributed by atoms with van der Waals surface area (Å²) < 4.78 is 13.2. The number of aryl methyl sites for hydroxylation is 1. The summed E-state index contributed by atoms with van der Waals surface area (Å²) in [6.45, 7) is 5.86. The number of rotatable bonds is 5. The van der Waals surface area contributed by atoms with Crippen LogP contribution in [0.25, 0.3) is 10.9 Å². The fraction of sp³-hybridized carbons (Fsp3) is 0.385. The predicted octanol–water partition coefficient (Wildman–Crippen LogP) is 3.36. The Morgan fingerprint density at radius 3 is 2.61 bits per heavy atom. The zero-order valence-corrected chi connectivity index (χ0v) is 18.9. The van der Waals surface area contributed by atoms with Crippen molar-refractivity contribution in [3.63, 3.8) is 0 Å². The van der Waals surface area contributed by atoms with Gasteiger partial charge in [0.2, 0.25) is 11.8 Å². The first-order valence-corrected chi connectivity index (χ1v) is 11.6. The maximum atomic E-state index is 13.2. The fourth-order valence-electron chi connectivity index (χ4n) is 5.00. The molecular formula is C26H29FN4O2. The Kier molecular flexibility index (Phi) is 5.79. The summed E-state index contributed by atoms with van der Waals surface area (Å²) in [6.07, 6.45) is 3.09. The average molecular weight is 449 g/mol. The smallest absolute Gasteiger partial charge is 0.228 e. The van der Waals surface area contributed by atoms with Crippen molar-refractivity contribution in [2.45, 2.75) is 19.8 Å². The number of carbonyl (C=O) groups is 2. The molecule has 7 heteroatoms. The molecule has 0 radical (unpaired) electrons. The second-order valence-corrected chi connectivity index (χ2v) is 9.14. The first-order chi connectivity index (χ1) is 16.0. The predicted molar refractivity (Wildman–Crippen MR) is 127 cm³/mol. The van der Waals surface area contributed by atoms with Gasteiger partial charge in [-0.3, -0.25) is 9.59 Å². The van der Waals surface area contributed by atoms with Gasteiger partial charge in [-0.25, -0.2) is 4.39 Å². The van der Waals surface area contributed by atoms with Gasteiger partial charge in [0.05, 0.1) is 5.92 Å². The van der Waals surface area contributed by atoms with Crippen molar-refractivity contribution in [1.82, 2.24) is 14.8 Å². The van der Waals surface area contributed by atoms with Gasteiger partial charge in [-0.1, -0.05) is 11.6 Å². The Bertz CT molecular complexity index is 1160. The third-order valence-corrected chi connectivity index (χ3v) is 6.92. The number of amides is 2. The van der Waals surface area contributed by atoms with E-state index in [-0.39, 0.29) is 23.5 Å². The Balaban J connectivity index is 1.15. The Hall–Kier alpha value is -3.35. The minimum Gasteiger partial charge on any atom is -0.368 e. The largest absolute Gasteiger partial charge is 0.368 e. The van der Waals surface area contributed by atoms with Crippen LogP contribution in [0, 0.1) is 18.7 Å². The number of fused-ring (bicyclic) bond motifs is 1. The molecule has 2 amide bonds. The number of hydrogen-bond donors (Lipinski definition) is 1. The van der Waals surface area contributed by atoms with Crippen LogP contribution in [0.15, 0.2) is 48.7 Å². The van der Waals surface area contributed by atoms with E-state index < -0.39 is 0 Å². The van der Waals surface area contributed by atoms with E-state index in [1.165, 1.54) is 28.6 Å². The number of carbonyl (C=O) groups excluding carboxylic acids is 2. The van der Waals surface area contributed by atoms with Gasteiger partial charge >= 0.3 is 0 Å².